The molecule has 0 N–H and O–H groups in total. The van der Waals surface area contributed by atoms with Crippen LogP contribution in [0.5, 0.6) is 0 Å². The molecule has 0 aliphatic heterocycles. The SMILES string of the molecule is c1ccc2c(c1)Cc1c-2nc2c3cccnc3c3cccnc3n12. The molecule has 1 aromatic carbocycles. The molecule has 0 spiro atoms. The third kappa shape index (κ3) is 1.36. The van der Waals surface area contributed by atoms with Crippen molar-refractivity contribution < 1.29 is 0 Å². The van der Waals surface area contributed by atoms with E-state index in [0.717, 1.165) is 39.7 Å². The summed E-state index contributed by atoms with van der Waals surface area (Å²) in [7, 11) is 0. The van der Waals surface area contributed by atoms with Gasteiger partial charge in [0.15, 0.2) is 0 Å². The molecule has 0 atom stereocenters. The largest absolute Gasteiger partial charge is 0.279 e. The molecular weight excluding hydrogens is 296 g/mol. The number of aromatic nitrogens is 4. The van der Waals surface area contributed by atoms with E-state index in [0.29, 0.717) is 0 Å². The molecule has 0 unspecified atom stereocenters. The van der Waals surface area contributed by atoms with Crippen molar-refractivity contribution in [2.24, 2.45) is 0 Å². The first kappa shape index (κ1) is 12.2. The molecule has 0 amide bonds. The van der Waals surface area contributed by atoms with Crippen molar-refractivity contribution in [3.63, 3.8) is 0 Å². The molecule has 0 radical (unpaired) electrons. The first-order chi connectivity index (χ1) is 11.9. The lowest BCUT2D eigenvalue weighted by Gasteiger charge is -2.08. The lowest BCUT2D eigenvalue weighted by atomic mass is 10.1. The van der Waals surface area contributed by atoms with Gasteiger partial charge >= 0.3 is 0 Å². The van der Waals surface area contributed by atoms with Crippen molar-refractivity contribution in [2.75, 3.05) is 0 Å². The summed E-state index contributed by atoms with van der Waals surface area (Å²) in [6, 6.07) is 16.6. The summed E-state index contributed by atoms with van der Waals surface area (Å²) in [4.78, 5) is 14.2. The number of hydrogen-bond acceptors (Lipinski definition) is 3. The van der Waals surface area contributed by atoms with E-state index < -0.39 is 0 Å². The number of fused-ring (bicyclic) bond motifs is 10. The second-order valence-electron chi connectivity index (χ2n) is 6.17. The fourth-order valence-electron chi connectivity index (χ4n) is 3.89. The number of rotatable bonds is 0. The van der Waals surface area contributed by atoms with E-state index in [9.17, 15) is 0 Å². The molecule has 0 saturated heterocycles. The average Bonchev–Trinajstić information content (AvgIpc) is 3.18. The Kier molecular flexibility index (Phi) is 2.12. The summed E-state index contributed by atoms with van der Waals surface area (Å²) < 4.78 is 2.22. The van der Waals surface area contributed by atoms with Crippen LogP contribution in [0.25, 0.3) is 38.8 Å². The molecule has 0 bridgehead atoms. The highest BCUT2D eigenvalue weighted by molar-refractivity contribution is 6.09. The van der Waals surface area contributed by atoms with Crippen LogP contribution in [0, 0.1) is 0 Å². The van der Waals surface area contributed by atoms with Crippen LogP contribution in [0.1, 0.15) is 11.3 Å². The van der Waals surface area contributed by atoms with Gasteiger partial charge < -0.3 is 0 Å². The zero-order valence-corrected chi connectivity index (χ0v) is 12.8. The Hall–Kier alpha value is -3.27. The van der Waals surface area contributed by atoms with Gasteiger partial charge in [0.2, 0.25) is 0 Å². The van der Waals surface area contributed by atoms with E-state index in [-0.39, 0.29) is 0 Å². The van der Waals surface area contributed by atoms with Gasteiger partial charge in [0, 0.05) is 35.2 Å². The molecule has 6 rings (SSSR count). The maximum absolute atomic E-state index is 5.00. The highest BCUT2D eigenvalue weighted by Crippen LogP contribution is 2.39. The van der Waals surface area contributed by atoms with Crippen LogP contribution in [-0.2, 0) is 6.42 Å². The number of pyridine rings is 3. The molecule has 24 heavy (non-hydrogen) atoms. The van der Waals surface area contributed by atoms with E-state index >= 15 is 0 Å². The predicted molar refractivity (Wildman–Crippen MR) is 94.0 cm³/mol. The van der Waals surface area contributed by atoms with E-state index in [4.69, 9.17) is 4.98 Å². The number of nitrogens with zero attached hydrogens (tertiary/aromatic N) is 4. The Morgan fingerprint density at radius 2 is 1.58 bits per heavy atom. The lowest BCUT2D eigenvalue weighted by Crippen LogP contribution is -1.98. The second kappa shape index (κ2) is 4.17. The van der Waals surface area contributed by atoms with Crippen molar-refractivity contribution in [1.82, 2.24) is 19.4 Å². The third-order valence-electron chi connectivity index (χ3n) is 4.91. The molecular formula is C20H12N4. The van der Waals surface area contributed by atoms with Crippen LogP contribution in [0.15, 0.2) is 60.9 Å². The van der Waals surface area contributed by atoms with Crippen LogP contribution in [-0.4, -0.2) is 19.4 Å². The highest BCUT2D eigenvalue weighted by atomic mass is 15.1. The monoisotopic (exact) mass is 308 g/mol. The van der Waals surface area contributed by atoms with E-state index in [1.54, 1.807) is 0 Å². The average molecular weight is 308 g/mol. The fraction of sp³-hybridized carbons (Fsp3) is 0.0500. The zero-order valence-electron chi connectivity index (χ0n) is 12.8. The smallest absolute Gasteiger partial charge is 0.148 e. The number of benzene rings is 1. The van der Waals surface area contributed by atoms with Crippen molar-refractivity contribution >= 4 is 27.6 Å². The summed E-state index contributed by atoms with van der Waals surface area (Å²) in [5, 5.41) is 2.14. The van der Waals surface area contributed by atoms with Crippen molar-refractivity contribution in [3.05, 3.63) is 72.2 Å². The minimum Gasteiger partial charge on any atom is -0.279 e. The predicted octanol–water partition coefficient (Wildman–Crippen LogP) is 4.00. The molecule has 1 aliphatic carbocycles. The van der Waals surface area contributed by atoms with Crippen LogP contribution in [0.4, 0.5) is 0 Å². The van der Waals surface area contributed by atoms with Crippen molar-refractivity contribution in [2.45, 2.75) is 6.42 Å². The first-order valence-corrected chi connectivity index (χ1v) is 8.03. The third-order valence-corrected chi connectivity index (χ3v) is 4.91. The van der Waals surface area contributed by atoms with Gasteiger partial charge in [0.1, 0.15) is 11.3 Å². The van der Waals surface area contributed by atoms with Gasteiger partial charge in [-0.2, -0.15) is 0 Å². The van der Waals surface area contributed by atoms with E-state index in [1.165, 1.54) is 16.8 Å². The van der Waals surface area contributed by atoms with Crippen LogP contribution >= 0.6 is 0 Å². The number of hydrogen-bond donors (Lipinski definition) is 0. The minimum atomic E-state index is 0.893. The summed E-state index contributed by atoms with van der Waals surface area (Å²) in [5.41, 5.74) is 7.71. The standard InChI is InChI=1S/C20H12N4/c1-2-6-13-12(5-1)11-16-18(13)23-20-15-8-3-9-21-17(15)14-7-4-10-22-19(14)24(16)20/h1-10H,11H2. The van der Waals surface area contributed by atoms with Crippen molar-refractivity contribution in [1.29, 1.82) is 0 Å². The van der Waals surface area contributed by atoms with Crippen LogP contribution in [0.3, 0.4) is 0 Å². The molecule has 5 aromatic rings. The minimum absolute atomic E-state index is 0.893. The van der Waals surface area contributed by atoms with Crippen molar-refractivity contribution in [3.8, 4) is 11.3 Å². The Balaban J connectivity index is 1.90. The van der Waals surface area contributed by atoms with Gasteiger partial charge in [-0.3, -0.25) is 9.38 Å². The number of imidazole rings is 1. The van der Waals surface area contributed by atoms with Gasteiger partial charge in [-0.05, 0) is 29.8 Å². The van der Waals surface area contributed by atoms with E-state index in [1.807, 2.05) is 24.5 Å². The maximum Gasteiger partial charge on any atom is 0.148 e. The second-order valence-corrected chi connectivity index (χ2v) is 6.17. The molecule has 0 saturated carbocycles. The zero-order chi connectivity index (χ0) is 15.7. The molecule has 1 aliphatic rings. The Morgan fingerprint density at radius 3 is 2.50 bits per heavy atom. The Morgan fingerprint density at radius 1 is 0.792 bits per heavy atom. The molecule has 0 fully saturated rings. The molecule has 4 aromatic heterocycles. The molecule has 4 nitrogen and oxygen atoms in total. The van der Waals surface area contributed by atoms with Gasteiger partial charge in [-0.1, -0.05) is 24.3 Å². The topological polar surface area (TPSA) is 43.1 Å². The van der Waals surface area contributed by atoms with Gasteiger partial charge in [-0.15, -0.1) is 0 Å². The highest BCUT2D eigenvalue weighted by Gasteiger charge is 2.26. The Labute approximate surface area is 137 Å². The summed E-state index contributed by atoms with van der Waals surface area (Å²) in [6.07, 6.45) is 4.56. The normalized spacial score (nSPS) is 12.8. The summed E-state index contributed by atoms with van der Waals surface area (Å²) in [5.74, 6) is 0. The van der Waals surface area contributed by atoms with Gasteiger partial charge in [0.25, 0.3) is 0 Å². The lowest BCUT2D eigenvalue weighted by molar-refractivity contribution is 1.07. The van der Waals surface area contributed by atoms with E-state index in [2.05, 4.69) is 50.8 Å². The van der Waals surface area contributed by atoms with Gasteiger partial charge in [-0.25, -0.2) is 9.97 Å². The maximum atomic E-state index is 5.00. The van der Waals surface area contributed by atoms with Gasteiger partial charge in [0.05, 0.1) is 16.9 Å². The first-order valence-electron chi connectivity index (χ1n) is 8.03. The molecule has 112 valence electrons. The Bertz CT molecular complexity index is 1280. The van der Waals surface area contributed by atoms with Crippen LogP contribution < -0.4 is 0 Å². The van der Waals surface area contributed by atoms with Crippen LogP contribution in [0.2, 0.25) is 0 Å². The fourth-order valence-corrected chi connectivity index (χ4v) is 3.89. The molecule has 4 heterocycles. The quantitative estimate of drug-likeness (QED) is 0.398. The molecule has 4 heteroatoms. The summed E-state index contributed by atoms with van der Waals surface area (Å²) in [6.45, 7) is 0. The summed E-state index contributed by atoms with van der Waals surface area (Å²) >= 11 is 0.